The van der Waals surface area contributed by atoms with Gasteiger partial charge in [0.1, 0.15) is 0 Å². The Bertz CT molecular complexity index is 359. The normalized spacial score (nSPS) is 12.7. The number of carbonyl (C=O) groups is 1. The maximum atomic E-state index is 11.0. The molecule has 0 unspecified atom stereocenters. The predicted molar refractivity (Wildman–Crippen MR) is 70.1 cm³/mol. The molecule has 1 aromatic carbocycles. The van der Waals surface area contributed by atoms with Crippen LogP contribution in [0.15, 0.2) is 28.7 Å². The molecule has 0 radical (unpaired) electrons. The fourth-order valence-corrected chi connectivity index (χ4v) is 1.63. The SMILES string of the molecule is CC(C)CO[C@H](Cc1ccc(Br)cc1)C(=O)O. The van der Waals surface area contributed by atoms with Crippen molar-refractivity contribution in [3.8, 4) is 0 Å². The van der Waals surface area contributed by atoms with E-state index >= 15 is 0 Å². The topological polar surface area (TPSA) is 46.5 Å². The maximum absolute atomic E-state index is 11.0. The molecule has 0 spiro atoms. The molecule has 1 atom stereocenters. The van der Waals surface area contributed by atoms with Crippen LogP contribution in [0.3, 0.4) is 0 Å². The van der Waals surface area contributed by atoms with Crippen LogP contribution in [0.1, 0.15) is 19.4 Å². The second-order valence-electron chi connectivity index (χ2n) is 4.38. The summed E-state index contributed by atoms with van der Waals surface area (Å²) < 4.78 is 6.37. The van der Waals surface area contributed by atoms with Crippen LogP contribution in [0, 0.1) is 5.92 Å². The van der Waals surface area contributed by atoms with Gasteiger partial charge in [-0.25, -0.2) is 4.79 Å². The van der Waals surface area contributed by atoms with E-state index in [9.17, 15) is 4.79 Å². The zero-order valence-electron chi connectivity index (χ0n) is 10.0. The monoisotopic (exact) mass is 300 g/mol. The van der Waals surface area contributed by atoms with E-state index in [-0.39, 0.29) is 0 Å². The summed E-state index contributed by atoms with van der Waals surface area (Å²) in [5.41, 5.74) is 0.962. The molecule has 0 aliphatic rings. The number of ether oxygens (including phenoxy) is 1. The number of aliphatic carboxylic acids is 1. The first-order chi connectivity index (χ1) is 7.99. The molecule has 94 valence electrons. The third-order valence-electron chi connectivity index (χ3n) is 2.24. The van der Waals surface area contributed by atoms with Gasteiger partial charge in [0.25, 0.3) is 0 Å². The lowest BCUT2D eigenvalue weighted by atomic mass is 10.1. The highest BCUT2D eigenvalue weighted by Gasteiger charge is 2.18. The van der Waals surface area contributed by atoms with Gasteiger partial charge >= 0.3 is 5.97 Å². The fourth-order valence-electron chi connectivity index (χ4n) is 1.36. The molecule has 1 N–H and O–H groups in total. The van der Waals surface area contributed by atoms with E-state index in [4.69, 9.17) is 9.84 Å². The van der Waals surface area contributed by atoms with Gasteiger partial charge in [-0.05, 0) is 23.6 Å². The van der Waals surface area contributed by atoms with Crippen LogP contribution in [-0.2, 0) is 16.0 Å². The van der Waals surface area contributed by atoms with Crippen LogP contribution in [-0.4, -0.2) is 23.8 Å². The Hall–Kier alpha value is -0.870. The van der Waals surface area contributed by atoms with Crippen LogP contribution in [0.25, 0.3) is 0 Å². The summed E-state index contributed by atoms with van der Waals surface area (Å²) in [4.78, 5) is 11.0. The summed E-state index contributed by atoms with van der Waals surface area (Å²) >= 11 is 3.34. The summed E-state index contributed by atoms with van der Waals surface area (Å²) in [6.07, 6.45) is -0.367. The highest BCUT2D eigenvalue weighted by Crippen LogP contribution is 2.13. The predicted octanol–water partition coefficient (Wildman–Crippen LogP) is 3.12. The highest BCUT2D eigenvalue weighted by atomic mass is 79.9. The fraction of sp³-hybridized carbons (Fsp3) is 0.462. The molecule has 1 aromatic rings. The first-order valence-corrected chi connectivity index (χ1v) is 6.37. The van der Waals surface area contributed by atoms with Crippen molar-refractivity contribution in [2.45, 2.75) is 26.4 Å². The average molecular weight is 301 g/mol. The number of carboxylic acids is 1. The summed E-state index contributed by atoms with van der Waals surface area (Å²) in [7, 11) is 0. The Morgan fingerprint density at radius 1 is 1.35 bits per heavy atom. The van der Waals surface area contributed by atoms with Gasteiger partial charge < -0.3 is 9.84 Å². The highest BCUT2D eigenvalue weighted by molar-refractivity contribution is 9.10. The minimum Gasteiger partial charge on any atom is -0.479 e. The van der Waals surface area contributed by atoms with Crippen LogP contribution >= 0.6 is 15.9 Å². The van der Waals surface area contributed by atoms with E-state index in [0.717, 1.165) is 10.0 Å². The molecule has 1 rings (SSSR count). The van der Waals surface area contributed by atoms with E-state index in [2.05, 4.69) is 15.9 Å². The van der Waals surface area contributed by atoms with E-state index < -0.39 is 12.1 Å². The van der Waals surface area contributed by atoms with Gasteiger partial charge in [-0.3, -0.25) is 0 Å². The smallest absolute Gasteiger partial charge is 0.333 e. The molecule has 0 fully saturated rings. The Kier molecular flexibility index (Phi) is 5.65. The molecule has 0 saturated heterocycles. The lowest BCUT2D eigenvalue weighted by Crippen LogP contribution is -2.27. The molecule has 0 heterocycles. The average Bonchev–Trinajstić information content (AvgIpc) is 2.26. The molecule has 0 aromatic heterocycles. The van der Waals surface area contributed by atoms with Gasteiger partial charge in [0.05, 0.1) is 6.61 Å². The van der Waals surface area contributed by atoms with Crippen molar-refractivity contribution in [3.63, 3.8) is 0 Å². The van der Waals surface area contributed by atoms with Gasteiger partial charge in [-0.1, -0.05) is 41.9 Å². The van der Waals surface area contributed by atoms with E-state index in [1.54, 1.807) is 0 Å². The molecule has 0 aliphatic heterocycles. The Morgan fingerprint density at radius 3 is 2.41 bits per heavy atom. The molecule has 3 nitrogen and oxygen atoms in total. The van der Waals surface area contributed by atoms with Crippen molar-refractivity contribution >= 4 is 21.9 Å². The molecule has 4 heteroatoms. The largest absolute Gasteiger partial charge is 0.479 e. The summed E-state index contributed by atoms with van der Waals surface area (Å²) in [6.45, 7) is 4.46. The second-order valence-corrected chi connectivity index (χ2v) is 5.30. The molecule has 0 bridgehead atoms. The molecule has 0 saturated carbocycles. The van der Waals surface area contributed by atoms with Crippen molar-refractivity contribution in [1.29, 1.82) is 0 Å². The number of halogens is 1. The molecule has 0 aliphatic carbocycles. The number of hydrogen-bond donors (Lipinski definition) is 1. The molecule has 0 amide bonds. The zero-order valence-corrected chi connectivity index (χ0v) is 11.6. The van der Waals surface area contributed by atoms with Gasteiger partial charge in [-0.15, -0.1) is 0 Å². The number of hydrogen-bond acceptors (Lipinski definition) is 2. The van der Waals surface area contributed by atoms with Crippen molar-refractivity contribution in [2.24, 2.45) is 5.92 Å². The van der Waals surface area contributed by atoms with Gasteiger partial charge in [-0.2, -0.15) is 0 Å². The first kappa shape index (κ1) is 14.2. The van der Waals surface area contributed by atoms with Gasteiger partial charge in [0.15, 0.2) is 6.10 Å². The Labute approximate surface area is 110 Å². The minimum atomic E-state index is -0.909. The molecule has 17 heavy (non-hydrogen) atoms. The third kappa shape index (κ3) is 5.33. The second kappa shape index (κ2) is 6.77. The van der Waals surface area contributed by atoms with Crippen molar-refractivity contribution in [3.05, 3.63) is 34.3 Å². The number of carboxylic acid groups (broad SMARTS) is 1. The van der Waals surface area contributed by atoms with Crippen molar-refractivity contribution in [2.75, 3.05) is 6.61 Å². The lowest BCUT2D eigenvalue weighted by Gasteiger charge is -2.15. The quantitative estimate of drug-likeness (QED) is 0.878. The van der Waals surface area contributed by atoms with Crippen LogP contribution in [0.5, 0.6) is 0 Å². The molecular formula is C13H17BrO3. The minimum absolute atomic E-state index is 0.335. The zero-order chi connectivity index (χ0) is 12.8. The van der Waals surface area contributed by atoms with Crippen LogP contribution < -0.4 is 0 Å². The van der Waals surface area contributed by atoms with E-state index in [1.807, 2.05) is 38.1 Å². The third-order valence-corrected chi connectivity index (χ3v) is 2.77. The number of rotatable bonds is 6. The standard InChI is InChI=1S/C13H17BrO3/c1-9(2)8-17-12(13(15)16)7-10-3-5-11(14)6-4-10/h3-6,9,12H,7-8H2,1-2H3,(H,15,16)/t12-/m1/s1. The summed E-state index contributed by atoms with van der Waals surface area (Å²) in [5, 5.41) is 9.07. The lowest BCUT2D eigenvalue weighted by molar-refractivity contribution is -0.150. The number of benzene rings is 1. The Balaban J connectivity index is 2.60. The van der Waals surface area contributed by atoms with Crippen LogP contribution in [0.4, 0.5) is 0 Å². The summed E-state index contributed by atoms with van der Waals surface area (Å²) in [6, 6.07) is 7.60. The van der Waals surface area contributed by atoms with Crippen LogP contribution in [0.2, 0.25) is 0 Å². The van der Waals surface area contributed by atoms with E-state index in [0.29, 0.717) is 18.9 Å². The van der Waals surface area contributed by atoms with E-state index in [1.165, 1.54) is 0 Å². The van der Waals surface area contributed by atoms with Gasteiger partial charge in [0, 0.05) is 10.9 Å². The maximum Gasteiger partial charge on any atom is 0.333 e. The van der Waals surface area contributed by atoms with Gasteiger partial charge in [0.2, 0.25) is 0 Å². The molecular weight excluding hydrogens is 284 g/mol. The van der Waals surface area contributed by atoms with Crippen molar-refractivity contribution in [1.82, 2.24) is 0 Å². The first-order valence-electron chi connectivity index (χ1n) is 5.58. The summed E-state index contributed by atoms with van der Waals surface area (Å²) in [5.74, 6) is -0.574. The van der Waals surface area contributed by atoms with Crippen molar-refractivity contribution < 1.29 is 14.6 Å². The Morgan fingerprint density at radius 2 is 1.94 bits per heavy atom.